The molecule has 1 amide bonds. The number of Topliss-reactive ketones (excluding diaryl/α,β-unsaturated/α-hetero) is 1. The van der Waals surface area contributed by atoms with E-state index >= 15 is 0 Å². The molecule has 0 spiro atoms. The predicted octanol–water partition coefficient (Wildman–Crippen LogP) is 5.24. The highest BCUT2D eigenvalue weighted by Gasteiger charge is 2.47. The van der Waals surface area contributed by atoms with E-state index in [4.69, 9.17) is 0 Å². The number of nitrogens with zero attached hydrogens (tertiary/aromatic N) is 2. The zero-order chi connectivity index (χ0) is 24.7. The summed E-state index contributed by atoms with van der Waals surface area (Å²) in [6.07, 6.45) is 2.32. The second kappa shape index (κ2) is 8.95. The molecule has 5 rings (SSSR count). The van der Waals surface area contributed by atoms with E-state index in [-0.39, 0.29) is 17.1 Å². The second-order valence-corrected chi connectivity index (χ2v) is 9.29. The molecule has 2 aliphatic rings. The summed E-state index contributed by atoms with van der Waals surface area (Å²) in [5.41, 5.74) is 4.42. The molecule has 3 aromatic rings. The molecule has 0 aliphatic carbocycles. The molecule has 2 heterocycles. The Labute approximate surface area is 204 Å². The van der Waals surface area contributed by atoms with Crippen LogP contribution in [0.3, 0.4) is 0 Å². The van der Waals surface area contributed by atoms with Crippen LogP contribution in [0.15, 0.2) is 72.3 Å². The minimum absolute atomic E-state index is 0.0120. The van der Waals surface area contributed by atoms with Crippen molar-refractivity contribution >= 4 is 28.8 Å². The van der Waals surface area contributed by atoms with Gasteiger partial charge < -0.3 is 15.1 Å². The maximum atomic E-state index is 13.4. The van der Waals surface area contributed by atoms with Gasteiger partial charge in [-0.2, -0.15) is 0 Å². The normalized spacial score (nSPS) is 19.5. The number of ketones is 1. The van der Waals surface area contributed by atoms with E-state index in [9.17, 15) is 19.8 Å². The lowest BCUT2D eigenvalue weighted by Gasteiger charge is -2.26. The monoisotopic (exact) mass is 468 g/mol. The van der Waals surface area contributed by atoms with Gasteiger partial charge >= 0.3 is 0 Å². The van der Waals surface area contributed by atoms with Crippen molar-refractivity contribution < 1.29 is 19.8 Å². The lowest BCUT2D eigenvalue weighted by Crippen LogP contribution is -2.29. The number of amides is 1. The molecule has 2 N–H and O–H groups in total. The zero-order valence-corrected chi connectivity index (χ0v) is 19.9. The van der Waals surface area contributed by atoms with Gasteiger partial charge in [0, 0.05) is 30.0 Å². The number of hydrogen-bond donors (Lipinski definition) is 2. The first kappa shape index (κ1) is 22.7. The van der Waals surface area contributed by atoms with Crippen molar-refractivity contribution in [3.05, 3.63) is 94.6 Å². The van der Waals surface area contributed by atoms with Gasteiger partial charge in [0.15, 0.2) is 0 Å². The van der Waals surface area contributed by atoms with Gasteiger partial charge in [0.25, 0.3) is 11.7 Å². The smallest absolute Gasteiger partial charge is 0.300 e. The Morgan fingerprint density at radius 2 is 1.57 bits per heavy atom. The van der Waals surface area contributed by atoms with Gasteiger partial charge in [-0.1, -0.05) is 29.8 Å². The second-order valence-electron chi connectivity index (χ2n) is 9.29. The number of aliphatic hydroxyl groups is 1. The van der Waals surface area contributed by atoms with Crippen LogP contribution in [0.2, 0.25) is 0 Å². The summed E-state index contributed by atoms with van der Waals surface area (Å²) in [5, 5.41) is 21.5. The van der Waals surface area contributed by atoms with Crippen molar-refractivity contribution in [2.75, 3.05) is 22.9 Å². The van der Waals surface area contributed by atoms with Gasteiger partial charge in [0.2, 0.25) is 0 Å². The van der Waals surface area contributed by atoms with Gasteiger partial charge in [0.05, 0.1) is 11.6 Å². The van der Waals surface area contributed by atoms with E-state index in [1.807, 2.05) is 56.3 Å². The molecule has 0 aromatic heterocycles. The molecule has 35 heavy (non-hydrogen) atoms. The molecule has 6 heteroatoms. The fraction of sp³-hybridized carbons (Fsp3) is 0.241. The topological polar surface area (TPSA) is 81.1 Å². The molecule has 6 nitrogen and oxygen atoms in total. The number of benzene rings is 3. The molecular formula is C29H28N2O4. The quantitative estimate of drug-likeness (QED) is 0.311. The molecule has 2 fully saturated rings. The number of aryl methyl sites for hydroxylation is 2. The third-order valence-electron chi connectivity index (χ3n) is 6.88. The van der Waals surface area contributed by atoms with Crippen molar-refractivity contribution in [3.63, 3.8) is 0 Å². The Balaban J connectivity index is 1.66. The van der Waals surface area contributed by atoms with Crippen molar-refractivity contribution in [1.29, 1.82) is 0 Å². The van der Waals surface area contributed by atoms with Crippen LogP contribution >= 0.6 is 0 Å². The van der Waals surface area contributed by atoms with E-state index in [0.29, 0.717) is 16.8 Å². The Kier molecular flexibility index (Phi) is 5.81. The van der Waals surface area contributed by atoms with E-state index in [1.165, 1.54) is 17.0 Å². The first-order chi connectivity index (χ1) is 16.8. The molecule has 0 radical (unpaired) electrons. The minimum Gasteiger partial charge on any atom is -0.508 e. The molecule has 1 atom stereocenters. The first-order valence-electron chi connectivity index (χ1n) is 11.9. The largest absolute Gasteiger partial charge is 0.508 e. The lowest BCUT2D eigenvalue weighted by molar-refractivity contribution is -0.132. The summed E-state index contributed by atoms with van der Waals surface area (Å²) < 4.78 is 0. The molecule has 3 aromatic carbocycles. The molecular weight excluding hydrogens is 440 g/mol. The summed E-state index contributed by atoms with van der Waals surface area (Å²) in [5.74, 6) is -1.65. The van der Waals surface area contributed by atoms with Crippen LogP contribution in [0.4, 0.5) is 11.4 Å². The average molecular weight is 469 g/mol. The van der Waals surface area contributed by atoms with Crippen molar-refractivity contribution in [2.24, 2.45) is 0 Å². The van der Waals surface area contributed by atoms with Gasteiger partial charge in [-0.05, 0) is 80.3 Å². The molecule has 1 unspecified atom stereocenters. The van der Waals surface area contributed by atoms with Crippen LogP contribution in [-0.2, 0) is 9.59 Å². The van der Waals surface area contributed by atoms with Gasteiger partial charge in [-0.3, -0.25) is 14.5 Å². The highest BCUT2D eigenvalue weighted by molar-refractivity contribution is 6.51. The number of anilines is 2. The van der Waals surface area contributed by atoms with E-state index in [0.717, 1.165) is 42.7 Å². The van der Waals surface area contributed by atoms with Crippen LogP contribution in [0.1, 0.15) is 41.1 Å². The highest BCUT2D eigenvalue weighted by atomic mass is 16.3. The number of aromatic hydroxyl groups is 1. The fourth-order valence-electron chi connectivity index (χ4n) is 5.04. The number of hydrogen-bond acceptors (Lipinski definition) is 5. The fourth-order valence-corrected chi connectivity index (χ4v) is 5.04. The Morgan fingerprint density at radius 3 is 2.26 bits per heavy atom. The van der Waals surface area contributed by atoms with Crippen molar-refractivity contribution in [3.8, 4) is 5.75 Å². The van der Waals surface area contributed by atoms with Crippen molar-refractivity contribution in [2.45, 2.75) is 32.7 Å². The predicted molar refractivity (Wildman–Crippen MR) is 137 cm³/mol. The van der Waals surface area contributed by atoms with Crippen LogP contribution < -0.4 is 9.80 Å². The highest BCUT2D eigenvalue weighted by Crippen LogP contribution is 2.43. The van der Waals surface area contributed by atoms with Crippen LogP contribution in [0.5, 0.6) is 5.75 Å². The third-order valence-corrected chi connectivity index (χ3v) is 6.88. The number of phenols is 1. The third kappa shape index (κ3) is 4.05. The van der Waals surface area contributed by atoms with Gasteiger partial charge in [-0.15, -0.1) is 0 Å². The number of carbonyl (C=O) groups is 2. The molecule has 0 saturated carbocycles. The summed E-state index contributed by atoms with van der Waals surface area (Å²) >= 11 is 0. The molecule has 0 bridgehead atoms. The number of carbonyl (C=O) groups excluding carboxylic acids is 2. The van der Waals surface area contributed by atoms with Crippen molar-refractivity contribution in [1.82, 2.24) is 0 Å². The lowest BCUT2D eigenvalue weighted by atomic mass is 9.93. The average Bonchev–Trinajstić information content (AvgIpc) is 3.48. The van der Waals surface area contributed by atoms with Crippen LogP contribution in [-0.4, -0.2) is 35.0 Å². The SMILES string of the molecule is Cc1ccc(C)c(/C(O)=C2\C(=O)C(=O)N(c3ccc(N4CCCC4)cc3)C2c2cccc(O)c2)c1. The zero-order valence-electron chi connectivity index (χ0n) is 19.9. The summed E-state index contributed by atoms with van der Waals surface area (Å²) in [6, 6.07) is 18.8. The van der Waals surface area contributed by atoms with E-state index in [1.54, 1.807) is 12.1 Å². The minimum atomic E-state index is -0.875. The Hall–Kier alpha value is -4.06. The summed E-state index contributed by atoms with van der Waals surface area (Å²) in [4.78, 5) is 30.5. The Bertz CT molecular complexity index is 1340. The Morgan fingerprint density at radius 1 is 0.886 bits per heavy atom. The first-order valence-corrected chi connectivity index (χ1v) is 11.9. The molecule has 178 valence electrons. The maximum absolute atomic E-state index is 13.4. The maximum Gasteiger partial charge on any atom is 0.300 e. The van der Waals surface area contributed by atoms with Gasteiger partial charge in [-0.25, -0.2) is 0 Å². The van der Waals surface area contributed by atoms with Crippen LogP contribution in [0.25, 0.3) is 5.76 Å². The number of aliphatic hydroxyl groups excluding tert-OH is 1. The van der Waals surface area contributed by atoms with Gasteiger partial charge in [0.1, 0.15) is 11.5 Å². The number of rotatable bonds is 4. The summed E-state index contributed by atoms with van der Waals surface area (Å²) in [7, 11) is 0. The van der Waals surface area contributed by atoms with E-state index < -0.39 is 17.7 Å². The molecule has 2 aliphatic heterocycles. The van der Waals surface area contributed by atoms with E-state index in [2.05, 4.69) is 4.90 Å². The standard InChI is InChI=1S/C29H28N2O4/c1-18-8-9-19(2)24(16-18)27(33)25-26(20-6-5-7-23(32)17-20)31(29(35)28(25)34)22-12-10-21(11-13-22)30-14-3-4-15-30/h5-13,16-17,26,32-33H,3-4,14-15H2,1-2H3/b27-25+. The molecule has 2 saturated heterocycles. The number of phenolic OH excluding ortho intramolecular Hbond substituents is 1. The summed E-state index contributed by atoms with van der Waals surface area (Å²) in [6.45, 7) is 5.76. The van der Waals surface area contributed by atoms with Crippen LogP contribution in [0, 0.1) is 13.8 Å².